The van der Waals surface area contributed by atoms with Crippen LogP contribution in [0.1, 0.15) is 13.3 Å². The summed E-state index contributed by atoms with van der Waals surface area (Å²) in [7, 11) is 1.59. The molecule has 5 heteroatoms. The average molecular weight is 278 g/mol. The van der Waals surface area contributed by atoms with E-state index in [4.69, 9.17) is 9.47 Å². The number of rotatable bonds is 4. The van der Waals surface area contributed by atoms with Gasteiger partial charge < -0.3 is 19.7 Å². The Morgan fingerprint density at radius 1 is 1.35 bits per heavy atom. The molecule has 1 aromatic carbocycles. The highest BCUT2D eigenvalue weighted by molar-refractivity contribution is 5.78. The number of nitrogens with zero attached hydrogens (tertiary/aromatic N) is 1. The number of hydrogen-bond acceptors (Lipinski definition) is 4. The van der Waals surface area contributed by atoms with Gasteiger partial charge in [0.1, 0.15) is 0 Å². The standard InChI is InChI=1S/C15H22N2O3/c1-12-7-8-16-9-10-17(12)15(18)11-20-14-6-4-3-5-13(14)19-2/h3-6,12,16H,7-11H2,1-2H3. The van der Waals surface area contributed by atoms with E-state index >= 15 is 0 Å². The van der Waals surface area contributed by atoms with E-state index in [2.05, 4.69) is 12.2 Å². The van der Waals surface area contributed by atoms with E-state index in [-0.39, 0.29) is 18.6 Å². The largest absolute Gasteiger partial charge is 0.493 e. The van der Waals surface area contributed by atoms with Gasteiger partial charge in [-0.2, -0.15) is 0 Å². The molecule has 1 aromatic rings. The topological polar surface area (TPSA) is 50.8 Å². The number of amides is 1. The van der Waals surface area contributed by atoms with Crippen LogP contribution < -0.4 is 14.8 Å². The van der Waals surface area contributed by atoms with Gasteiger partial charge in [0.2, 0.25) is 0 Å². The summed E-state index contributed by atoms with van der Waals surface area (Å²) in [6.07, 6.45) is 0.973. The fraction of sp³-hybridized carbons (Fsp3) is 0.533. The van der Waals surface area contributed by atoms with Crippen molar-refractivity contribution in [3.63, 3.8) is 0 Å². The molecule has 1 fully saturated rings. The summed E-state index contributed by atoms with van der Waals surface area (Å²) < 4.78 is 10.8. The van der Waals surface area contributed by atoms with Crippen molar-refractivity contribution in [2.24, 2.45) is 0 Å². The summed E-state index contributed by atoms with van der Waals surface area (Å²) in [5.41, 5.74) is 0. The van der Waals surface area contributed by atoms with E-state index in [1.165, 1.54) is 0 Å². The fourth-order valence-electron chi connectivity index (χ4n) is 2.34. The highest BCUT2D eigenvalue weighted by Crippen LogP contribution is 2.25. The van der Waals surface area contributed by atoms with Gasteiger partial charge in [-0.15, -0.1) is 0 Å². The number of carbonyl (C=O) groups excluding carboxylic acids is 1. The van der Waals surface area contributed by atoms with Gasteiger partial charge in [-0.05, 0) is 32.0 Å². The Labute approximate surface area is 119 Å². The molecule has 0 saturated carbocycles. The molecule has 1 atom stereocenters. The molecule has 20 heavy (non-hydrogen) atoms. The predicted molar refractivity (Wildman–Crippen MR) is 77.2 cm³/mol. The highest BCUT2D eigenvalue weighted by Gasteiger charge is 2.22. The van der Waals surface area contributed by atoms with E-state index in [1.807, 2.05) is 23.1 Å². The predicted octanol–water partition coefficient (Wildman–Crippen LogP) is 1.28. The zero-order chi connectivity index (χ0) is 14.4. The molecule has 0 spiro atoms. The molecule has 110 valence electrons. The third kappa shape index (κ3) is 3.63. The van der Waals surface area contributed by atoms with Crippen molar-refractivity contribution in [1.29, 1.82) is 0 Å². The van der Waals surface area contributed by atoms with Crippen LogP contribution in [0.3, 0.4) is 0 Å². The van der Waals surface area contributed by atoms with Crippen molar-refractivity contribution in [2.45, 2.75) is 19.4 Å². The lowest BCUT2D eigenvalue weighted by Crippen LogP contribution is -2.42. The van der Waals surface area contributed by atoms with Gasteiger partial charge in [0.05, 0.1) is 7.11 Å². The van der Waals surface area contributed by atoms with Crippen LogP contribution in [0.4, 0.5) is 0 Å². The summed E-state index contributed by atoms with van der Waals surface area (Å²) in [5, 5.41) is 3.30. The number of nitrogens with one attached hydrogen (secondary N) is 1. The molecule has 1 heterocycles. The minimum Gasteiger partial charge on any atom is -0.493 e. The maximum absolute atomic E-state index is 12.3. The van der Waals surface area contributed by atoms with E-state index in [9.17, 15) is 4.79 Å². The SMILES string of the molecule is COc1ccccc1OCC(=O)N1CCNCCC1C. The summed E-state index contributed by atoms with van der Waals surface area (Å²) in [5.74, 6) is 1.27. The maximum atomic E-state index is 12.3. The van der Waals surface area contributed by atoms with E-state index < -0.39 is 0 Å². The first-order chi connectivity index (χ1) is 9.72. The molecule has 0 aliphatic carbocycles. The zero-order valence-corrected chi connectivity index (χ0v) is 12.1. The highest BCUT2D eigenvalue weighted by atomic mass is 16.5. The molecule has 1 aliphatic rings. The first-order valence-corrected chi connectivity index (χ1v) is 6.98. The van der Waals surface area contributed by atoms with Crippen molar-refractivity contribution >= 4 is 5.91 Å². The first kappa shape index (κ1) is 14.7. The lowest BCUT2D eigenvalue weighted by Gasteiger charge is -2.26. The molecule has 0 bridgehead atoms. The molecule has 1 aliphatic heterocycles. The van der Waals surface area contributed by atoms with Crippen LogP contribution in [0.2, 0.25) is 0 Å². The zero-order valence-electron chi connectivity index (χ0n) is 12.1. The number of methoxy groups -OCH3 is 1. The molecule has 1 unspecified atom stereocenters. The van der Waals surface area contributed by atoms with Gasteiger partial charge in [0.15, 0.2) is 18.1 Å². The van der Waals surface area contributed by atoms with Crippen LogP contribution in [0, 0.1) is 0 Å². The Morgan fingerprint density at radius 2 is 2.10 bits per heavy atom. The van der Waals surface area contributed by atoms with Crippen molar-refractivity contribution in [1.82, 2.24) is 10.2 Å². The van der Waals surface area contributed by atoms with E-state index in [0.717, 1.165) is 26.1 Å². The number of carbonyl (C=O) groups is 1. The van der Waals surface area contributed by atoms with Crippen molar-refractivity contribution in [2.75, 3.05) is 33.4 Å². The van der Waals surface area contributed by atoms with Crippen LogP contribution in [-0.4, -0.2) is 50.2 Å². The van der Waals surface area contributed by atoms with Crippen molar-refractivity contribution in [3.8, 4) is 11.5 Å². The van der Waals surface area contributed by atoms with Crippen LogP contribution in [-0.2, 0) is 4.79 Å². The van der Waals surface area contributed by atoms with E-state index in [0.29, 0.717) is 11.5 Å². The second-order valence-corrected chi connectivity index (χ2v) is 4.91. The maximum Gasteiger partial charge on any atom is 0.260 e. The van der Waals surface area contributed by atoms with Crippen LogP contribution in [0.15, 0.2) is 24.3 Å². The number of ether oxygens (including phenoxy) is 2. The van der Waals surface area contributed by atoms with Gasteiger partial charge in [-0.25, -0.2) is 0 Å². The summed E-state index contributed by atoms with van der Waals surface area (Å²) in [6, 6.07) is 7.60. The molecule has 1 amide bonds. The number of hydrogen-bond donors (Lipinski definition) is 1. The molecule has 2 rings (SSSR count). The summed E-state index contributed by atoms with van der Waals surface area (Å²) in [6.45, 7) is 4.65. The third-order valence-corrected chi connectivity index (χ3v) is 3.54. The average Bonchev–Trinajstić information content (AvgIpc) is 2.69. The molecule has 1 saturated heterocycles. The van der Waals surface area contributed by atoms with E-state index in [1.54, 1.807) is 13.2 Å². The Kier molecular flexibility index (Phi) is 5.24. The monoisotopic (exact) mass is 278 g/mol. The smallest absolute Gasteiger partial charge is 0.260 e. The molecular weight excluding hydrogens is 256 g/mol. The normalized spacial score (nSPS) is 19.3. The lowest BCUT2D eigenvalue weighted by atomic mass is 10.2. The molecule has 0 aromatic heterocycles. The second-order valence-electron chi connectivity index (χ2n) is 4.91. The Hall–Kier alpha value is -1.75. The minimum absolute atomic E-state index is 0.0205. The van der Waals surface area contributed by atoms with Crippen molar-refractivity contribution in [3.05, 3.63) is 24.3 Å². The molecule has 5 nitrogen and oxygen atoms in total. The second kappa shape index (κ2) is 7.14. The van der Waals surface area contributed by atoms with Crippen LogP contribution in [0.5, 0.6) is 11.5 Å². The number of para-hydroxylation sites is 2. The fourth-order valence-corrected chi connectivity index (χ4v) is 2.34. The van der Waals surface area contributed by atoms with Gasteiger partial charge in [0, 0.05) is 19.1 Å². The Morgan fingerprint density at radius 3 is 2.85 bits per heavy atom. The van der Waals surface area contributed by atoms with Crippen LogP contribution in [0.25, 0.3) is 0 Å². The Balaban J connectivity index is 1.94. The summed E-state index contributed by atoms with van der Waals surface area (Å²) >= 11 is 0. The Bertz CT molecular complexity index is 450. The number of benzene rings is 1. The van der Waals surface area contributed by atoms with Crippen LogP contribution >= 0.6 is 0 Å². The van der Waals surface area contributed by atoms with Gasteiger partial charge in [-0.3, -0.25) is 4.79 Å². The van der Waals surface area contributed by atoms with Gasteiger partial charge >= 0.3 is 0 Å². The first-order valence-electron chi connectivity index (χ1n) is 6.98. The molecule has 1 N–H and O–H groups in total. The van der Waals surface area contributed by atoms with Gasteiger partial charge in [-0.1, -0.05) is 12.1 Å². The molecular formula is C15H22N2O3. The lowest BCUT2D eigenvalue weighted by molar-refractivity contribution is -0.135. The van der Waals surface area contributed by atoms with Crippen molar-refractivity contribution < 1.29 is 14.3 Å². The summed E-state index contributed by atoms with van der Waals surface area (Å²) in [4.78, 5) is 14.2. The van der Waals surface area contributed by atoms with Gasteiger partial charge in [0.25, 0.3) is 5.91 Å². The molecule has 0 radical (unpaired) electrons. The quantitative estimate of drug-likeness (QED) is 0.901. The minimum atomic E-state index is 0.0205. The third-order valence-electron chi connectivity index (χ3n) is 3.54.